The van der Waals surface area contributed by atoms with Crippen molar-refractivity contribution in [2.75, 3.05) is 19.8 Å². The van der Waals surface area contributed by atoms with Crippen LogP contribution < -0.4 is 5.73 Å². The van der Waals surface area contributed by atoms with Gasteiger partial charge in [0.2, 0.25) is 0 Å². The lowest BCUT2D eigenvalue weighted by Crippen LogP contribution is -2.34. The number of allylic oxidation sites excluding steroid dienone is 4. The Kier molecular flexibility index (Phi) is 36.4. The molecule has 0 rings (SSSR count). The molecule has 0 aliphatic heterocycles. The van der Waals surface area contributed by atoms with Crippen LogP contribution in [0.5, 0.6) is 0 Å². The van der Waals surface area contributed by atoms with Crippen LogP contribution in [0.4, 0.5) is 0 Å². The highest BCUT2D eigenvalue weighted by molar-refractivity contribution is 7.47. The molecule has 0 radical (unpaired) electrons. The molecular weight excluding hydrogens is 709 g/mol. The van der Waals surface area contributed by atoms with E-state index < -0.39 is 51.1 Å². The molecule has 0 aliphatic rings. The molecule has 0 amide bonds. The molecule has 11 nitrogen and oxygen atoms in total. The third-order valence-electron chi connectivity index (χ3n) is 9.20. The number of esters is 2. The van der Waals surface area contributed by atoms with Gasteiger partial charge in [-0.25, -0.2) is 4.57 Å². The van der Waals surface area contributed by atoms with Crippen LogP contribution in [-0.4, -0.2) is 59.9 Å². The SMILES string of the molecule is CCCCCCCCCCCCC/C=C/CCC(=O)OC[C@H](COP(=O)(O)OC[C@H](N)C(=O)O)OC(=O)CC/C=C/CCCCCCCCCCCCC. The molecule has 0 saturated carbocycles. The van der Waals surface area contributed by atoms with Crippen LogP contribution in [-0.2, 0) is 37.5 Å². The minimum absolute atomic E-state index is 0.0733. The Bertz CT molecular complexity index is 1020. The number of carboxylic acid groups (broad SMARTS) is 1. The van der Waals surface area contributed by atoms with E-state index in [1.807, 2.05) is 12.2 Å². The first-order valence-electron chi connectivity index (χ1n) is 21.4. The fourth-order valence-corrected chi connectivity index (χ4v) is 6.58. The van der Waals surface area contributed by atoms with E-state index in [4.69, 9.17) is 24.8 Å². The van der Waals surface area contributed by atoms with Crippen molar-refractivity contribution >= 4 is 25.7 Å². The molecule has 0 aromatic rings. The number of carboxylic acids is 1. The molecular formula is C42H78NO10P. The summed E-state index contributed by atoms with van der Waals surface area (Å²) < 4.78 is 32.5. The van der Waals surface area contributed by atoms with Crippen LogP contribution >= 0.6 is 7.82 Å². The predicted octanol–water partition coefficient (Wildman–Crippen LogP) is 11.1. The molecule has 0 bridgehead atoms. The van der Waals surface area contributed by atoms with Gasteiger partial charge in [0.05, 0.1) is 13.2 Å². The van der Waals surface area contributed by atoms with E-state index in [1.165, 1.54) is 128 Å². The van der Waals surface area contributed by atoms with Gasteiger partial charge in [0.1, 0.15) is 12.6 Å². The second-order valence-electron chi connectivity index (χ2n) is 14.5. The molecule has 4 N–H and O–H groups in total. The van der Waals surface area contributed by atoms with Crippen molar-refractivity contribution in [3.63, 3.8) is 0 Å². The van der Waals surface area contributed by atoms with Crippen molar-refractivity contribution in [1.29, 1.82) is 0 Å². The summed E-state index contributed by atoms with van der Waals surface area (Å²) in [5.74, 6) is -2.49. The first kappa shape index (κ1) is 52.0. The number of unbranched alkanes of at least 4 members (excludes halogenated alkanes) is 22. The zero-order valence-electron chi connectivity index (χ0n) is 34.1. The van der Waals surface area contributed by atoms with E-state index >= 15 is 0 Å². The molecule has 0 aromatic carbocycles. The number of nitrogens with two attached hydrogens (primary N) is 1. The number of phosphoric ester groups is 1. The molecule has 0 saturated heterocycles. The Morgan fingerprint density at radius 3 is 1.35 bits per heavy atom. The van der Waals surface area contributed by atoms with Gasteiger partial charge in [-0.05, 0) is 38.5 Å². The Balaban J connectivity index is 4.44. The smallest absolute Gasteiger partial charge is 0.472 e. The Labute approximate surface area is 328 Å². The zero-order chi connectivity index (χ0) is 40.0. The van der Waals surface area contributed by atoms with Gasteiger partial charge in [0, 0.05) is 12.8 Å². The first-order valence-corrected chi connectivity index (χ1v) is 22.9. The predicted molar refractivity (Wildman–Crippen MR) is 217 cm³/mol. The van der Waals surface area contributed by atoms with E-state index in [0.29, 0.717) is 12.8 Å². The maximum atomic E-state index is 12.6. The summed E-state index contributed by atoms with van der Waals surface area (Å²) in [6, 6.07) is -1.53. The fourth-order valence-electron chi connectivity index (χ4n) is 5.81. The molecule has 0 aliphatic carbocycles. The monoisotopic (exact) mass is 788 g/mol. The van der Waals surface area contributed by atoms with Gasteiger partial charge in [0.15, 0.2) is 6.10 Å². The summed E-state index contributed by atoms with van der Waals surface area (Å²) in [6.07, 6.45) is 38.4. The quantitative estimate of drug-likeness (QED) is 0.0233. The summed E-state index contributed by atoms with van der Waals surface area (Å²) in [7, 11) is -4.73. The van der Waals surface area contributed by atoms with Crippen molar-refractivity contribution in [1.82, 2.24) is 0 Å². The van der Waals surface area contributed by atoms with Crippen LogP contribution in [0.15, 0.2) is 24.3 Å². The highest BCUT2D eigenvalue weighted by Crippen LogP contribution is 2.43. The standard InChI is InChI=1S/C42H78NO10P/c1-3-5-7-9-11-13-15-17-19-21-23-25-27-29-31-33-40(44)50-35-38(36-51-54(48,49)52-37-39(43)42(46)47)53-41(45)34-32-30-28-26-24-22-20-18-16-14-12-10-8-6-4-2/h27-30,38-39H,3-26,31-37,43H2,1-2H3,(H,46,47)(H,48,49)/b29-27+,30-28+/t38-,39+/m1/s1. The van der Waals surface area contributed by atoms with Crippen LogP contribution in [0.3, 0.4) is 0 Å². The van der Waals surface area contributed by atoms with Crippen molar-refractivity contribution < 1.29 is 47.5 Å². The molecule has 1 unspecified atom stereocenters. The maximum Gasteiger partial charge on any atom is 0.472 e. The Hall–Kier alpha value is -2.04. The highest BCUT2D eigenvalue weighted by atomic mass is 31.2. The molecule has 54 heavy (non-hydrogen) atoms. The van der Waals surface area contributed by atoms with Crippen LogP contribution in [0.1, 0.15) is 194 Å². The normalized spacial score (nSPS) is 14.0. The third kappa shape index (κ3) is 36.9. The van der Waals surface area contributed by atoms with E-state index in [1.54, 1.807) is 0 Å². The molecule has 0 heterocycles. The van der Waals surface area contributed by atoms with Crippen LogP contribution in [0, 0.1) is 0 Å². The number of ether oxygens (including phenoxy) is 2. The van der Waals surface area contributed by atoms with Crippen LogP contribution in [0.2, 0.25) is 0 Å². The maximum absolute atomic E-state index is 12.6. The van der Waals surface area contributed by atoms with Gasteiger partial charge in [0.25, 0.3) is 0 Å². The molecule has 0 fully saturated rings. The molecule has 0 aromatic heterocycles. The summed E-state index contributed by atoms with van der Waals surface area (Å²) in [5.41, 5.74) is 5.32. The average molecular weight is 788 g/mol. The first-order chi connectivity index (χ1) is 26.1. The topological polar surface area (TPSA) is 172 Å². The van der Waals surface area contributed by atoms with E-state index in [0.717, 1.165) is 25.7 Å². The fraction of sp³-hybridized carbons (Fsp3) is 0.833. The molecule has 3 atom stereocenters. The van der Waals surface area contributed by atoms with Crippen molar-refractivity contribution in [2.45, 2.75) is 206 Å². The van der Waals surface area contributed by atoms with Gasteiger partial charge in [-0.15, -0.1) is 0 Å². The number of phosphoric acid groups is 1. The highest BCUT2D eigenvalue weighted by Gasteiger charge is 2.28. The second-order valence-corrected chi connectivity index (χ2v) is 15.9. The Morgan fingerprint density at radius 2 is 0.926 bits per heavy atom. The van der Waals surface area contributed by atoms with Crippen molar-refractivity contribution in [3.8, 4) is 0 Å². The summed E-state index contributed by atoms with van der Waals surface area (Å²) in [5, 5.41) is 8.87. The lowest BCUT2D eigenvalue weighted by Gasteiger charge is -2.20. The number of aliphatic carboxylic acids is 1. The van der Waals surface area contributed by atoms with E-state index in [-0.39, 0.29) is 19.4 Å². The minimum atomic E-state index is -4.73. The molecule has 0 spiro atoms. The number of hydrogen-bond donors (Lipinski definition) is 3. The average Bonchev–Trinajstić information content (AvgIpc) is 3.14. The lowest BCUT2D eigenvalue weighted by molar-refractivity contribution is -0.161. The number of rotatable bonds is 40. The number of carbonyl (C=O) groups is 3. The van der Waals surface area contributed by atoms with Crippen molar-refractivity contribution in [3.05, 3.63) is 24.3 Å². The zero-order valence-corrected chi connectivity index (χ0v) is 35.0. The van der Waals surface area contributed by atoms with Gasteiger partial charge in [-0.3, -0.25) is 23.4 Å². The van der Waals surface area contributed by atoms with Crippen LogP contribution in [0.25, 0.3) is 0 Å². The largest absolute Gasteiger partial charge is 0.480 e. The minimum Gasteiger partial charge on any atom is -0.480 e. The van der Waals surface area contributed by atoms with Crippen molar-refractivity contribution in [2.24, 2.45) is 5.73 Å². The van der Waals surface area contributed by atoms with Gasteiger partial charge >= 0.3 is 25.7 Å². The van der Waals surface area contributed by atoms with E-state index in [2.05, 4.69) is 30.5 Å². The van der Waals surface area contributed by atoms with Gasteiger partial charge < -0.3 is 25.2 Å². The molecule has 316 valence electrons. The van der Waals surface area contributed by atoms with Gasteiger partial charge in [-0.2, -0.15) is 0 Å². The molecule has 12 heteroatoms. The number of carbonyl (C=O) groups excluding carboxylic acids is 2. The second kappa shape index (κ2) is 37.9. The lowest BCUT2D eigenvalue weighted by atomic mass is 10.1. The summed E-state index contributed by atoms with van der Waals surface area (Å²) >= 11 is 0. The number of hydrogen-bond acceptors (Lipinski definition) is 9. The third-order valence-corrected chi connectivity index (χ3v) is 10.1. The van der Waals surface area contributed by atoms with Gasteiger partial charge in [-0.1, -0.05) is 167 Å². The Morgan fingerprint density at radius 1 is 0.556 bits per heavy atom. The summed E-state index contributed by atoms with van der Waals surface area (Å²) in [6.45, 7) is 2.73. The summed E-state index contributed by atoms with van der Waals surface area (Å²) in [4.78, 5) is 45.8. The van der Waals surface area contributed by atoms with E-state index in [9.17, 15) is 23.8 Å².